The summed E-state index contributed by atoms with van der Waals surface area (Å²) >= 11 is 6.36. The number of aromatic nitrogens is 2. The van der Waals surface area contributed by atoms with Gasteiger partial charge in [-0.2, -0.15) is 5.10 Å². The predicted octanol–water partition coefficient (Wildman–Crippen LogP) is 1.94. The highest BCUT2D eigenvalue weighted by Gasteiger charge is 2.42. The lowest BCUT2D eigenvalue weighted by atomic mass is 9.77. The van der Waals surface area contributed by atoms with Gasteiger partial charge in [0.1, 0.15) is 0 Å². The van der Waals surface area contributed by atoms with Crippen molar-refractivity contribution in [2.75, 3.05) is 20.2 Å². The maximum atomic E-state index is 6.36. The molecule has 1 saturated heterocycles. The second-order valence-electron chi connectivity index (χ2n) is 5.30. The zero-order valence-electron chi connectivity index (χ0n) is 11.6. The van der Waals surface area contributed by atoms with Crippen LogP contribution in [0.3, 0.4) is 0 Å². The molecule has 1 aliphatic heterocycles. The van der Waals surface area contributed by atoms with Gasteiger partial charge in [-0.3, -0.25) is 4.68 Å². The summed E-state index contributed by atoms with van der Waals surface area (Å²) in [6.07, 6.45) is 2.22. The lowest BCUT2D eigenvalue weighted by Gasteiger charge is -2.32. The van der Waals surface area contributed by atoms with Gasteiger partial charge in [0.15, 0.2) is 0 Å². The molecule has 0 spiro atoms. The van der Waals surface area contributed by atoms with Crippen molar-refractivity contribution in [1.82, 2.24) is 15.1 Å². The van der Waals surface area contributed by atoms with E-state index in [1.165, 1.54) is 0 Å². The van der Waals surface area contributed by atoms with Gasteiger partial charge in [-0.15, -0.1) is 0 Å². The smallest absolute Gasteiger partial charge is 0.0847 e. The van der Waals surface area contributed by atoms with Gasteiger partial charge in [0, 0.05) is 32.0 Å². The van der Waals surface area contributed by atoms with Gasteiger partial charge < -0.3 is 10.1 Å². The summed E-state index contributed by atoms with van der Waals surface area (Å²) in [4.78, 5) is 0. The first-order valence-electron chi connectivity index (χ1n) is 6.44. The fourth-order valence-corrected chi connectivity index (χ4v) is 3.13. The predicted molar refractivity (Wildman–Crippen MR) is 73.0 cm³/mol. The van der Waals surface area contributed by atoms with Gasteiger partial charge >= 0.3 is 0 Å². The van der Waals surface area contributed by atoms with E-state index in [9.17, 15) is 0 Å². The topological polar surface area (TPSA) is 39.1 Å². The van der Waals surface area contributed by atoms with Crippen LogP contribution in [0.25, 0.3) is 0 Å². The van der Waals surface area contributed by atoms with E-state index in [4.69, 9.17) is 16.3 Å². The highest BCUT2D eigenvalue weighted by molar-refractivity contribution is 6.31. The Morgan fingerprint density at radius 2 is 2.33 bits per heavy atom. The van der Waals surface area contributed by atoms with E-state index >= 15 is 0 Å². The van der Waals surface area contributed by atoms with Gasteiger partial charge in [0.05, 0.1) is 22.5 Å². The Morgan fingerprint density at radius 3 is 2.78 bits per heavy atom. The second kappa shape index (κ2) is 5.19. The summed E-state index contributed by atoms with van der Waals surface area (Å²) in [5.41, 5.74) is 2.14. The largest absolute Gasteiger partial charge is 0.378 e. The van der Waals surface area contributed by atoms with Crippen molar-refractivity contribution < 1.29 is 4.74 Å². The third kappa shape index (κ3) is 2.29. The van der Waals surface area contributed by atoms with Gasteiger partial charge in [-0.25, -0.2) is 0 Å². The molecular formula is C13H22ClN3O. The maximum absolute atomic E-state index is 6.36. The lowest BCUT2D eigenvalue weighted by molar-refractivity contribution is 0.0631. The number of halogens is 1. The van der Waals surface area contributed by atoms with Crippen molar-refractivity contribution in [2.24, 2.45) is 12.5 Å². The number of aryl methyl sites for hydroxylation is 2. The number of ether oxygens (including phenoxy) is 1. The van der Waals surface area contributed by atoms with Crippen molar-refractivity contribution >= 4 is 11.6 Å². The Kier molecular flexibility index (Phi) is 3.99. The minimum absolute atomic E-state index is 0.124. The standard InChI is InChI=1S/C13H22ClN3O/c1-9-12(14)11(17(4)16-9)7-13(8-15-3)5-6-18-10(13)2/h10,15H,5-8H2,1-4H3. The van der Waals surface area contributed by atoms with E-state index in [2.05, 4.69) is 17.3 Å². The first-order valence-corrected chi connectivity index (χ1v) is 6.82. The third-order valence-corrected chi connectivity index (χ3v) is 4.63. The zero-order valence-corrected chi connectivity index (χ0v) is 12.3. The summed E-state index contributed by atoms with van der Waals surface area (Å²) in [5.74, 6) is 0. The molecule has 2 rings (SSSR count). The first kappa shape index (κ1) is 13.8. The molecule has 1 fully saturated rings. The molecule has 0 aliphatic carbocycles. The van der Waals surface area contributed by atoms with E-state index in [1.54, 1.807) is 0 Å². The van der Waals surface area contributed by atoms with Gasteiger partial charge in [-0.1, -0.05) is 11.6 Å². The van der Waals surface area contributed by atoms with Gasteiger partial charge in [0.2, 0.25) is 0 Å². The Labute approximate surface area is 114 Å². The van der Waals surface area contributed by atoms with Crippen LogP contribution in [0.4, 0.5) is 0 Å². The molecule has 102 valence electrons. The molecule has 1 aromatic rings. The highest BCUT2D eigenvalue weighted by Crippen LogP contribution is 2.39. The molecule has 2 atom stereocenters. The number of hydrogen-bond donors (Lipinski definition) is 1. The lowest BCUT2D eigenvalue weighted by Crippen LogP contribution is -2.40. The summed E-state index contributed by atoms with van der Waals surface area (Å²) in [5, 5.41) is 8.48. The fourth-order valence-electron chi connectivity index (χ4n) is 2.90. The normalized spacial score (nSPS) is 27.9. The number of nitrogens with one attached hydrogen (secondary N) is 1. The van der Waals surface area contributed by atoms with Crippen molar-refractivity contribution in [1.29, 1.82) is 0 Å². The molecule has 0 saturated carbocycles. The van der Waals surface area contributed by atoms with Crippen LogP contribution in [-0.4, -0.2) is 36.1 Å². The van der Waals surface area contributed by atoms with Crippen molar-refractivity contribution in [2.45, 2.75) is 32.8 Å². The Morgan fingerprint density at radius 1 is 1.61 bits per heavy atom. The van der Waals surface area contributed by atoms with Crippen LogP contribution in [0.15, 0.2) is 0 Å². The Balaban J connectivity index is 2.29. The number of hydrogen-bond acceptors (Lipinski definition) is 3. The fraction of sp³-hybridized carbons (Fsp3) is 0.769. The molecule has 0 bridgehead atoms. The van der Waals surface area contributed by atoms with Crippen molar-refractivity contribution in [3.05, 3.63) is 16.4 Å². The molecular weight excluding hydrogens is 250 g/mol. The van der Waals surface area contributed by atoms with E-state index in [1.807, 2.05) is 25.7 Å². The highest BCUT2D eigenvalue weighted by atomic mass is 35.5. The molecule has 1 aliphatic rings. The molecule has 0 amide bonds. The van der Waals surface area contributed by atoms with Crippen LogP contribution in [0, 0.1) is 12.3 Å². The monoisotopic (exact) mass is 271 g/mol. The van der Waals surface area contributed by atoms with E-state index in [-0.39, 0.29) is 11.5 Å². The van der Waals surface area contributed by atoms with Crippen LogP contribution in [0.5, 0.6) is 0 Å². The summed E-state index contributed by atoms with van der Waals surface area (Å²) < 4.78 is 7.67. The minimum Gasteiger partial charge on any atom is -0.378 e. The quantitative estimate of drug-likeness (QED) is 0.910. The summed E-state index contributed by atoms with van der Waals surface area (Å²) in [6.45, 7) is 5.87. The molecule has 4 nitrogen and oxygen atoms in total. The van der Waals surface area contributed by atoms with Gasteiger partial charge in [-0.05, 0) is 27.3 Å². The molecule has 2 unspecified atom stereocenters. The molecule has 1 aromatic heterocycles. The average molecular weight is 272 g/mol. The van der Waals surface area contributed by atoms with Crippen LogP contribution in [0.2, 0.25) is 5.02 Å². The van der Waals surface area contributed by atoms with Crippen LogP contribution in [-0.2, 0) is 18.2 Å². The molecule has 0 aromatic carbocycles. The van der Waals surface area contributed by atoms with Crippen LogP contribution < -0.4 is 5.32 Å². The third-order valence-electron chi connectivity index (χ3n) is 4.14. The first-order chi connectivity index (χ1) is 8.50. The zero-order chi connectivity index (χ0) is 13.3. The van der Waals surface area contributed by atoms with E-state index < -0.39 is 0 Å². The second-order valence-corrected chi connectivity index (χ2v) is 5.68. The molecule has 0 radical (unpaired) electrons. The summed E-state index contributed by atoms with van der Waals surface area (Å²) in [6, 6.07) is 0. The van der Waals surface area contributed by atoms with E-state index in [0.717, 1.165) is 42.4 Å². The van der Waals surface area contributed by atoms with E-state index in [0.29, 0.717) is 0 Å². The number of rotatable bonds is 4. The SMILES string of the molecule is CNCC1(Cc2c(Cl)c(C)nn2C)CCOC1C. The van der Waals surface area contributed by atoms with Crippen LogP contribution >= 0.6 is 11.6 Å². The minimum atomic E-state index is 0.124. The molecule has 5 heteroatoms. The number of nitrogens with zero attached hydrogens (tertiary/aromatic N) is 2. The van der Waals surface area contributed by atoms with Crippen LogP contribution in [0.1, 0.15) is 24.7 Å². The van der Waals surface area contributed by atoms with Crippen molar-refractivity contribution in [3.8, 4) is 0 Å². The molecule has 2 heterocycles. The van der Waals surface area contributed by atoms with Gasteiger partial charge in [0.25, 0.3) is 0 Å². The Bertz CT molecular complexity index is 432. The Hall–Kier alpha value is -0.580. The molecule has 1 N–H and O–H groups in total. The molecule has 18 heavy (non-hydrogen) atoms. The maximum Gasteiger partial charge on any atom is 0.0847 e. The average Bonchev–Trinajstić information content (AvgIpc) is 2.77. The van der Waals surface area contributed by atoms with Crippen molar-refractivity contribution in [3.63, 3.8) is 0 Å². The summed E-state index contributed by atoms with van der Waals surface area (Å²) in [7, 11) is 3.95.